The average Bonchev–Trinajstić information content (AvgIpc) is 3.69. The Morgan fingerprint density at radius 2 is 1.05 bits per heavy atom. The first-order valence-corrected chi connectivity index (χ1v) is 17.5. The van der Waals surface area contributed by atoms with Gasteiger partial charge in [-0.3, -0.25) is 14.2 Å². The van der Waals surface area contributed by atoms with Crippen LogP contribution in [0, 0.1) is 13.8 Å². The van der Waals surface area contributed by atoms with Gasteiger partial charge < -0.3 is 9.84 Å². The molecular weight excluding hydrogens is 722 g/mol. The minimum Gasteiger partial charge on any atom is -0.465 e. The Labute approximate surface area is 314 Å². The van der Waals surface area contributed by atoms with Crippen molar-refractivity contribution in [3.63, 3.8) is 0 Å². The molecule has 0 fully saturated rings. The number of ether oxygens (including phenoxy) is 1. The van der Waals surface area contributed by atoms with Crippen molar-refractivity contribution in [1.29, 1.82) is 0 Å². The number of esters is 1. The largest absolute Gasteiger partial charge is 0.465 e. The molecule has 0 bridgehead atoms. The van der Waals surface area contributed by atoms with E-state index in [-0.39, 0.29) is 19.1 Å². The summed E-state index contributed by atoms with van der Waals surface area (Å²) in [6, 6.07) is 25.9. The predicted octanol–water partition coefficient (Wildman–Crippen LogP) is 9.49. The fourth-order valence-electron chi connectivity index (χ4n) is 6.17. The number of rotatable bonds is 11. The molecule has 13 heteroatoms. The summed E-state index contributed by atoms with van der Waals surface area (Å²) in [7, 11) is 0. The first-order valence-electron chi connectivity index (χ1n) is 17.5. The lowest BCUT2D eigenvalue weighted by molar-refractivity contribution is -0.144. The molecule has 0 amide bonds. The van der Waals surface area contributed by atoms with Gasteiger partial charge in [-0.1, -0.05) is 72.8 Å². The lowest BCUT2D eigenvalue weighted by atomic mass is 9.95. The van der Waals surface area contributed by atoms with Crippen LogP contribution in [-0.4, -0.2) is 43.9 Å². The van der Waals surface area contributed by atoms with Crippen LogP contribution in [0.25, 0.3) is 22.3 Å². The summed E-state index contributed by atoms with van der Waals surface area (Å²) in [6.07, 6.45) is -4.21. The van der Waals surface area contributed by atoms with Crippen LogP contribution < -0.4 is 0 Å². The summed E-state index contributed by atoms with van der Waals surface area (Å²) >= 11 is 0. The lowest BCUT2D eigenvalue weighted by Gasteiger charge is -2.11. The molecule has 2 heterocycles. The van der Waals surface area contributed by atoms with Gasteiger partial charge in [0.15, 0.2) is 0 Å². The van der Waals surface area contributed by atoms with Crippen molar-refractivity contribution in [1.82, 2.24) is 19.6 Å². The predicted molar refractivity (Wildman–Crippen MR) is 197 cm³/mol. The van der Waals surface area contributed by atoms with Crippen LogP contribution in [0.1, 0.15) is 51.7 Å². The molecule has 0 saturated carbocycles. The van der Waals surface area contributed by atoms with Crippen LogP contribution in [0.2, 0.25) is 0 Å². The molecule has 55 heavy (non-hydrogen) atoms. The third-order valence-corrected chi connectivity index (χ3v) is 9.07. The van der Waals surface area contributed by atoms with Gasteiger partial charge in [0.25, 0.3) is 0 Å². The van der Waals surface area contributed by atoms with Gasteiger partial charge in [0.2, 0.25) is 0 Å². The van der Waals surface area contributed by atoms with E-state index in [4.69, 9.17) is 9.84 Å². The van der Waals surface area contributed by atoms with Crippen molar-refractivity contribution in [2.75, 3.05) is 13.2 Å². The Morgan fingerprint density at radius 3 is 1.47 bits per heavy atom. The minimum atomic E-state index is -4.35. The molecule has 0 spiro atoms. The molecule has 288 valence electrons. The number of hydrogen-bond donors (Lipinski definition) is 1. The summed E-state index contributed by atoms with van der Waals surface area (Å²) in [6.45, 7) is 6.32. The molecule has 6 aromatic rings. The van der Waals surface area contributed by atoms with E-state index >= 15 is 0 Å². The van der Waals surface area contributed by atoms with Gasteiger partial charge in [-0.25, -0.2) is 0 Å². The lowest BCUT2D eigenvalue weighted by Crippen LogP contribution is -2.15. The van der Waals surface area contributed by atoms with Crippen LogP contribution in [0.5, 0.6) is 0 Å². The zero-order valence-corrected chi connectivity index (χ0v) is 30.5. The fraction of sp³-hybridized carbons (Fsp3) is 0.262. The quantitative estimate of drug-likeness (QED) is 0.105. The number of aliphatic hydroxyl groups is 1. The molecule has 0 aliphatic rings. The number of aromatic nitrogens is 4. The molecule has 0 aliphatic heterocycles. The highest BCUT2D eigenvalue weighted by Crippen LogP contribution is 2.33. The van der Waals surface area contributed by atoms with Crippen molar-refractivity contribution in [2.24, 2.45) is 0 Å². The minimum absolute atomic E-state index is 0.00909. The summed E-state index contributed by atoms with van der Waals surface area (Å²) < 4.78 is 84.8. The Balaban J connectivity index is 0.000000212. The topological polar surface area (TPSA) is 82.2 Å². The third-order valence-electron chi connectivity index (χ3n) is 9.07. The normalized spacial score (nSPS) is 11.6. The third kappa shape index (κ3) is 10.3. The number of hydrogen-bond acceptors (Lipinski definition) is 5. The maximum absolute atomic E-state index is 12.8. The molecule has 6 rings (SSSR count). The molecule has 0 saturated heterocycles. The maximum Gasteiger partial charge on any atom is 0.416 e. The number of aliphatic hydroxyl groups excluding tert-OH is 1. The van der Waals surface area contributed by atoms with Crippen LogP contribution >= 0.6 is 0 Å². The Bertz CT molecular complexity index is 2190. The van der Waals surface area contributed by atoms with Crippen LogP contribution in [0.3, 0.4) is 0 Å². The standard InChI is InChI=1S/C22H21F3N2O2.C20H19F3N2O/c1-3-29-21(28)14-27-15(2)20(13-26-27)19-7-5-4-6-17(19)12-16-8-10-18(11-9-16)22(23,24)25;1-14-19(13-24-25(14)10-11-26)18-5-3-2-4-16(18)12-15-6-8-17(9-7-15)20(21,22)23/h4-11,13H,3,12,14H2,1-2H3;2-9,13,26H,10-12H2,1H3. The van der Waals surface area contributed by atoms with Gasteiger partial charge in [-0.2, -0.15) is 36.5 Å². The van der Waals surface area contributed by atoms with Crippen molar-refractivity contribution < 1.29 is 41.0 Å². The summed E-state index contributed by atoms with van der Waals surface area (Å²) in [5.74, 6) is -0.358. The van der Waals surface area contributed by atoms with Crippen LogP contribution in [0.15, 0.2) is 109 Å². The second kappa shape index (κ2) is 17.6. The van der Waals surface area contributed by atoms with Crippen molar-refractivity contribution in [2.45, 2.75) is 59.1 Å². The molecule has 0 aliphatic carbocycles. The first-order chi connectivity index (χ1) is 26.2. The SMILES string of the molecule is CCOC(=O)Cn1ncc(-c2ccccc2Cc2ccc(C(F)(F)F)cc2)c1C.Cc1c(-c2ccccc2Cc2ccc(C(F)(F)F)cc2)cnn1CCO. The molecular formula is C42H40F6N4O3. The highest BCUT2D eigenvalue weighted by molar-refractivity contribution is 5.72. The second-order valence-corrected chi connectivity index (χ2v) is 12.8. The number of halogens is 6. The summed E-state index contributed by atoms with van der Waals surface area (Å²) in [5.41, 5.74) is 7.78. The van der Waals surface area contributed by atoms with Gasteiger partial charge in [0, 0.05) is 22.5 Å². The van der Waals surface area contributed by atoms with E-state index in [0.717, 1.165) is 80.2 Å². The highest BCUT2D eigenvalue weighted by Gasteiger charge is 2.31. The fourth-order valence-corrected chi connectivity index (χ4v) is 6.17. The number of nitrogens with zero attached hydrogens (tertiary/aromatic N) is 4. The zero-order valence-electron chi connectivity index (χ0n) is 30.5. The van der Waals surface area contributed by atoms with E-state index in [2.05, 4.69) is 10.2 Å². The second-order valence-electron chi connectivity index (χ2n) is 12.8. The van der Waals surface area contributed by atoms with Gasteiger partial charge in [-0.15, -0.1) is 0 Å². The molecule has 2 aromatic heterocycles. The monoisotopic (exact) mass is 762 g/mol. The number of carbonyl (C=O) groups excluding carboxylic acids is 1. The van der Waals surface area contributed by atoms with Gasteiger partial charge in [-0.05, 0) is 91.3 Å². The Kier molecular flexibility index (Phi) is 13.0. The number of benzene rings is 4. The molecule has 0 atom stereocenters. The van der Waals surface area contributed by atoms with Crippen molar-refractivity contribution in [3.8, 4) is 22.3 Å². The van der Waals surface area contributed by atoms with E-state index < -0.39 is 23.5 Å². The molecule has 0 unspecified atom stereocenters. The van der Waals surface area contributed by atoms with Crippen LogP contribution in [-0.2, 0) is 47.8 Å². The van der Waals surface area contributed by atoms with E-state index in [9.17, 15) is 31.1 Å². The number of alkyl halides is 6. The van der Waals surface area contributed by atoms with E-state index in [0.29, 0.717) is 26.0 Å². The molecule has 1 N–H and O–H groups in total. The smallest absolute Gasteiger partial charge is 0.416 e. The molecule has 7 nitrogen and oxygen atoms in total. The van der Waals surface area contributed by atoms with E-state index in [1.54, 1.807) is 28.7 Å². The Hall–Kier alpha value is -5.69. The zero-order chi connectivity index (χ0) is 39.8. The van der Waals surface area contributed by atoms with Gasteiger partial charge >= 0.3 is 18.3 Å². The summed E-state index contributed by atoms with van der Waals surface area (Å²) in [5, 5.41) is 17.7. The highest BCUT2D eigenvalue weighted by atomic mass is 19.4. The first kappa shape index (κ1) is 40.5. The molecule has 4 aromatic carbocycles. The average molecular weight is 763 g/mol. The number of carbonyl (C=O) groups is 1. The summed E-state index contributed by atoms with van der Waals surface area (Å²) in [4.78, 5) is 11.8. The maximum atomic E-state index is 12.8. The molecule has 0 radical (unpaired) electrons. The van der Waals surface area contributed by atoms with E-state index in [1.807, 2.05) is 62.4 Å². The Morgan fingerprint density at radius 1 is 0.636 bits per heavy atom. The van der Waals surface area contributed by atoms with Crippen molar-refractivity contribution >= 4 is 5.97 Å². The van der Waals surface area contributed by atoms with Crippen molar-refractivity contribution in [3.05, 3.63) is 154 Å². The van der Waals surface area contributed by atoms with Gasteiger partial charge in [0.05, 0.1) is 43.3 Å². The van der Waals surface area contributed by atoms with Crippen LogP contribution in [0.4, 0.5) is 26.3 Å². The van der Waals surface area contributed by atoms with Gasteiger partial charge in [0.1, 0.15) is 6.54 Å². The van der Waals surface area contributed by atoms with E-state index in [1.165, 1.54) is 24.3 Å².